The van der Waals surface area contributed by atoms with Gasteiger partial charge in [0.25, 0.3) is 5.56 Å². The summed E-state index contributed by atoms with van der Waals surface area (Å²) in [5.74, 6) is -0.0281. The van der Waals surface area contributed by atoms with Crippen LogP contribution in [0.25, 0.3) is 0 Å². The fourth-order valence-corrected chi connectivity index (χ4v) is 1.69. The highest BCUT2D eigenvalue weighted by atomic mass is 16.1. The number of carbonyl (C=O) groups excluding carboxylic acids is 1. The van der Waals surface area contributed by atoms with E-state index in [9.17, 15) is 9.59 Å². The first-order valence-corrected chi connectivity index (χ1v) is 5.74. The normalized spacial score (nSPS) is 10.3. The Bertz CT molecular complexity index is 603. The Balaban J connectivity index is 2.06. The van der Waals surface area contributed by atoms with Crippen LogP contribution in [0.5, 0.6) is 0 Å². The summed E-state index contributed by atoms with van der Waals surface area (Å²) in [7, 11) is 0. The van der Waals surface area contributed by atoms with Gasteiger partial charge in [-0.05, 0) is 18.1 Å². The summed E-state index contributed by atoms with van der Waals surface area (Å²) in [5.41, 5.74) is 1.51. The molecule has 0 aliphatic rings. The molecule has 0 amide bonds. The molecule has 92 valence electrons. The van der Waals surface area contributed by atoms with Crippen molar-refractivity contribution in [2.45, 2.75) is 19.9 Å². The molecule has 0 aliphatic heterocycles. The van der Waals surface area contributed by atoms with Crippen LogP contribution in [-0.4, -0.2) is 15.6 Å². The van der Waals surface area contributed by atoms with E-state index in [1.54, 1.807) is 13.1 Å². The van der Waals surface area contributed by atoms with Crippen LogP contribution in [0.4, 0.5) is 0 Å². The van der Waals surface area contributed by atoms with Crippen molar-refractivity contribution in [2.24, 2.45) is 0 Å². The van der Waals surface area contributed by atoms with Crippen LogP contribution in [0.2, 0.25) is 0 Å². The monoisotopic (exact) mass is 242 g/mol. The molecular weight excluding hydrogens is 228 g/mol. The summed E-state index contributed by atoms with van der Waals surface area (Å²) >= 11 is 0. The molecule has 0 saturated heterocycles. The number of hydrogen-bond donors (Lipinski definition) is 0. The summed E-state index contributed by atoms with van der Waals surface area (Å²) in [6.07, 6.45) is 1.90. The third-order valence-corrected chi connectivity index (χ3v) is 2.58. The lowest BCUT2D eigenvalue weighted by molar-refractivity contribution is -0.119. The first-order chi connectivity index (χ1) is 8.65. The van der Waals surface area contributed by atoms with Gasteiger partial charge >= 0.3 is 0 Å². The van der Waals surface area contributed by atoms with Crippen molar-refractivity contribution in [2.75, 3.05) is 0 Å². The Morgan fingerprint density at radius 2 is 2.00 bits per heavy atom. The maximum absolute atomic E-state index is 11.8. The Kier molecular flexibility index (Phi) is 3.67. The third kappa shape index (κ3) is 3.13. The number of aryl methyl sites for hydroxylation is 1. The molecule has 18 heavy (non-hydrogen) atoms. The van der Waals surface area contributed by atoms with E-state index in [0.717, 1.165) is 11.1 Å². The molecule has 2 aromatic rings. The standard InChI is InChI=1S/C14H14N2O2/c1-11-7-14(18)16(15-9-11)10-13(17)8-12-5-3-2-4-6-12/h2-7,9H,8,10H2,1H3. The van der Waals surface area contributed by atoms with E-state index >= 15 is 0 Å². The molecule has 0 atom stereocenters. The van der Waals surface area contributed by atoms with Crippen molar-refractivity contribution in [1.29, 1.82) is 0 Å². The maximum Gasteiger partial charge on any atom is 0.267 e. The lowest BCUT2D eigenvalue weighted by Crippen LogP contribution is -2.26. The number of nitrogens with zero attached hydrogens (tertiary/aromatic N) is 2. The molecule has 0 N–H and O–H groups in total. The van der Waals surface area contributed by atoms with Crippen LogP contribution in [0.1, 0.15) is 11.1 Å². The van der Waals surface area contributed by atoms with Gasteiger partial charge in [0, 0.05) is 12.5 Å². The molecule has 0 aliphatic carbocycles. The van der Waals surface area contributed by atoms with Gasteiger partial charge in [-0.1, -0.05) is 30.3 Å². The van der Waals surface area contributed by atoms with Crippen LogP contribution in [0, 0.1) is 6.92 Å². The second-order valence-electron chi connectivity index (χ2n) is 4.23. The molecule has 0 saturated carbocycles. The SMILES string of the molecule is Cc1cnn(CC(=O)Cc2ccccc2)c(=O)c1. The lowest BCUT2D eigenvalue weighted by atomic mass is 10.1. The number of benzene rings is 1. The largest absolute Gasteiger partial charge is 0.297 e. The molecule has 4 heteroatoms. The number of carbonyl (C=O) groups is 1. The van der Waals surface area contributed by atoms with Gasteiger partial charge in [-0.15, -0.1) is 0 Å². The van der Waals surface area contributed by atoms with Crippen LogP contribution >= 0.6 is 0 Å². The molecule has 0 bridgehead atoms. The molecule has 1 aromatic carbocycles. The van der Waals surface area contributed by atoms with Crippen molar-refractivity contribution in [1.82, 2.24) is 9.78 Å². The van der Waals surface area contributed by atoms with Crippen LogP contribution < -0.4 is 5.56 Å². The average Bonchev–Trinajstić information content (AvgIpc) is 2.34. The zero-order valence-electron chi connectivity index (χ0n) is 10.2. The van der Waals surface area contributed by atoms with E-state index in [1.165, 1.54) is 10.7 Å². The van der Waals surface area contributed by atoms with E-state index in [4.69, 9.17) is 0 Å². The van der Waals surface area contributed by atoms with Gasteiger partial charge < -0.3 is 0 Å². The molecule has 0 fully saturated rings. The van der Waals surface area contributed by atoms with Crippen LogP contribution in [0.15, 0.2) is 47.4 Å². The van der Waals surface area contributed by atoms with Crippen LogP contribution in [0.3, 0.4) is 0 Å². The van der Waals surface area contributed by atoms with E-state index in [1.807, 2.05) is 30.3 Å². The molecule has 0 spiro atoms. The zero-order valence-corrected chi connectivity index (χ0v) is 10.2. The number of Topliss-reactive ketones (excluding diaryl/α,β-unsaturated/α-hetero) is 1. The van der Waals surface area contributed by atoms with E-state index in [-0.39, 0.29) is 17.9 Å². The zero-order chi connectivity index (χ0) is 13.0. The van der Waals surface area contributed by atoms with E-state index < -0.39 is 0 Å². The summed E-state index contributed by atoms with van der Waals surface area (Å²) in [4.78, 5) is 23.4. The van der Waals surface area contributed by atoms with Crippen molar-refractivity contribution >= 4 is 5.78 Å². The first-order valence-electron chi connectivity index (χ1n) is 5.74. The molecule has 2 rings (SSSR count). The Morgan fingerprint density at radius 1 is 1.28 bits per heavy atom. The first kappa shape index (κ1) is 12.2. The predicted molar refractivity (Wildman–Crippen MR) is 68.4 cm³/mol. The fraction of sp³-hybridized carbons (Fsp3) is 0.214. The summed E-state index contributed by atoms with van der Waals surface area (Å²) in [6, 6.07) is 10.9. The van der Waals surface area contributed by atoms with Crippen molar-refractivity contribution < 1.29 is 4.79 Å². The van der Waals surface area contributed by atoms with Crippen molar-refractivity contribution in [3.05, 3.63) is 64.1 Å². The van der Waals surface area contributed by atoms with Crippen molar-refractivity contribution in [3.63, 3.8) is 0 Å². The highest BCUT2D eigenvalue weighted by molar-refractivity contribution is 5.80. The average molecular weight is 242 g/mol. The van der Waals surface area contributed by atoms with Gasteiger partial charge in [0.1, 0.15) is 6.54 Å². The third-order valence-electron chi connectivity index (χ3n) is 2.58. The minimum atomic E-state index is -0.239. The Labute approximate surface area is 105 Å². The molecule has 1 aromatic heterocycles. The van der Waals surface area contributed by atoms with Gasteiger partial charge in [-0.3, -0.25) is 9.59 Å². The van der Waals surface area contributed by atoms with Crippen molar-refractivity contribution in [3.8, 4) is 0 Å². The van der Waals surface area contributed by atoms with Gasteiger partial charge in [0.2, 0.25) is 0 Å². The fourth-order valence-electron chi connectivity index (χ4n) is 1.69. The molecule has 0 radical (unpaired) electrons. The lowest BCUT2D eigenvalue weighted by Gasteiger charge is -2.04. The molecule has 4 nitrogen and oxygen atoms in total. The smallest absolute Gasteiger partial charge is 0.267 e. The molecular formula is C14H14N2O2. The minimum absolute atomic E-state index is 0.0218. The second-order valence-corrected chi connectivity index (χ2v) is 4.23. The Morgan fingerprint density at radius 3 is 2.67 bits per heavy atom. The van der Waals surface area contributed by atoms with Crippen LogP contribution in [-0.2, 0) is 17.8 Å². The van der Waals surface area contributed by atoms with E-state index in [0.29, 0.717) is 6.42 Å². The predicted octanol–water partition coefficient (Wildman–Crippen LogP) is 1.36. The summed E-state index contributed by atoms with van der Waals surface area (Å²) in [5, 5.41) is 3.94. The second kappa shape index (κ2) is 5.40. The topological polar surface area (TPSA) is 52.0 Å². The molecule has 1 heterocycles. The number of hydrogen-bond acceptors (Lipinski definition) is 3. The van der Waals surface area contributed by atoms with Gasteiger partial charge in [0.05, 0.1) is 6.20 Å². The van der Waals surface area contributed by atoms with E-state index in [2.05, 4.69) is 5.10 Å². The highest BCUT2D eigenvalue weighted by Gasteiger charge is 2.06. The number of rotatable bonds is 4. The highest BCUT2D eigenvalue weighted by Crippen LogP contribution is 2.00. The summed E-state index contributed by atoms with van der Waals surface area (Å²) in [6.45, 7) is 1.82. The van der Waals surface area contributed by atoms with Gasteiger partial charge in [-0.2, -0.15) is 5.10 Å². The minimum Gasteiger partial charge on any atom is -0.297 e. The number of ketones is 1. The van der Waals surface area contributed by atoms with Gasteiger partial charge in [-0.25, -0.2) is 4.68 Å². The maximum atomic E-state index is 11.8. The molecule has 0 unspecified atom stereocenters. The quantitative estimate of drug-likeness (QED) is 0.813. The Hall–Kier alpha value is -2.23. The summed E-state index contributed by atoms with van der Waals surface area (Å²) < 4.78 is 1.19. The number of aromatic nitrogens is 2. The van der Waals surface area contributed by atoms with Gasteiger partial charge in [0.15, 0.2) is 5.78 Å².